The van der Waals surface area contributed by atoms with Crippen LogP contribution in [0.25, 0.3) is 0 Å². The van der Waals surface area contributed by atoms with E-state index in [9.17, 15) is 0 Å². The molecule has 0 radical (unpaired) electrons. The highest BCUT2D eigenvalue weighted by Gasteiger charge is 2.22. The van der Waals surface area contributed by atoms with Gasteiger partial charge >= 0.3 is 0 Å². The minimum atomic E-state index is 0.118. The molecule has 2 atom stereocenters. The standard InChI is InChI=1S/C16H24N2O/c1-3-12-5-4-6-13(10-12)19-14-7-8-15(16(17)18)11(2)9-14/h7-9,12-13H,3-6,10H2,1-2H3,(H3,17,18). The zero-order chi connectivity index (χ0) is 13.8. The molecule has 0 amide bonds. The fourth-order valence-electron chi connectivity index (χ4n) is 2.92. The summed E-state index contributed by atoms with van der Waals surface area (Å²) in [6, 6.07) is 5.80. The van der Waals surface area contributed by atoms with E-state index in [0.29, 0.717) is 6.10 Å². The van der Waals surface area contributed by atoms with Crippen molar-refractivity contribution in [3.63, 3.8) is 0 Å². The highest BCUT2D eigenvalue weighted by Crippen LogP contribution is 2.30. The average molecular weight is 260 g/mol. The topological polar surface area (TPSA) is 59.1 Å². The molecule has 1 aliphatic carbocycles. The maximum atomic E-state index is 7.49. The molecule has 1 aromatic rings. The summed E-state index contributed by atoms with van der Waals surface area (Å²) in [7, 11) is 0. The lowest BCUT2D eigenvalue weighted by Gasteiger charge is -2.29. The molecule has 0 bridgehead atoms. The number of aryl methyl sites for hydroxylation is 1. The van der Waals surface area contributed by atoms with Gasteiger partial charge in [0.1, 0.15) is 11.6 Å². The van der Waals surface area contributed by atoms with Gasteiger partial charge in [-0.2, -0.15) is 0 Å². The van der Waals surface area contributed by atoms with Gasteiger partial charge in [-0.3, -0.25) is 5.41 Å². The third kappa shape index (κ3) is 3.49. The van der Waals surface area contributed by atoms with E-state index >= 15 is 0 Å². The quantitative estimate of drug-likeness (QED) is 0.641. The molecular formula is C16H24N2O. The molecular weight excluding hydrogens is 236 g/mol. The Morgan fingerprint density at radius 3 is 2.84 bits per heavy atom. The van der Waals surface area contributed by atoms with Crippen LogP contribution >= 0.6 is 0 Å². The summed E-state index contributed by atoms with van der Waals surface area (Å²) in [6.45, 7) is 4.23. The van der Waals surface area contributed by atoms with Crippen molar-refractivity contribution in [3.05, 3.63) is 29.3 Å². The van der Waals surface area contributed by atoms with E-state index in [-0.39, 0.29) is 5.84 Å². The smallest absolute Gasteiger partial charge is 0.123 e. The van der Waals surface area contributed by atoms with Crippen molar-refractivity contribution >= 4 is 5.84 Å². The van der Waals surface area contributed by atoms with Crippen LogP contribution in [0, 0.1) is 18.3 Å². The molecule has 1 saturated carbocycles. The molecule has 3 heteroatoms. The summed E-state index contributed by atoms with van der Waals surface area (Å²) < 4.78 is 6.09. The molecule has 3 N–H and O–H groups in total. The number of rotatable bonds is 4. The third-order valence-electron chi connectivity index (χ3n) is 4.10. The van der Waals surface area contributed by atoms with E-state index in [2.05, 4.69) is 6.92 Å². The molecule has 1 aliphatic rings. The van der Waals surface area contributed by atoms with Crippen LogP contribution in [0.3, 0.4) is 0 Å². The lowest BCUT2D eigenvalue weighted by Crippen LogP contribution is -2.25. The number of benzene rings is 1. The molecule has 2 unspecified atom stereocenters. The first-order chi connectivity index (χ1) is 9.10. The van der Waals surface area contributed by atoms with E-state index < -0.39 is 0 Å². The lowest BCUT2D eigenvalue weighted by atomic mass is 9.85. The lowest BCUT2D eigenvalue weighted by molar-refractivity contribution is 0.122. The van der Waals surface area contributed by atoms with Crippen molar-refractivity contribution in [2.75, 3.05) is 0 Å². The zero-order valence-electron chi connectivity index (χ0n) is 11.9. The molecule has 0 spiro atoms. The largest absolute Gasteiger partial charge is 0.490 e. The Hall–Kier alpha value is -1.51. The van der Waals surface area contributed by atoms with Gasteiger partial charge < -0.3 is 10.5 Å². The van der Waals surface area contributed by atoms with Gasteiger partial charge in [-0.15, -0.1) is 0 Å². The first-order valence-electron chi connectivity index (χ1n) is 7.21. The van der Waals surface area contributed by atoms with Gasteiger partial charge in [0.15, 0.2) is 0 Å². The Morgan fingerprint density at radius 1 is 1.42 bits per heavy atom. The first kappa shape index (κ1) is 13.9. The second kappa shape index (κ2) is 6.09. The average Bonchev–Trinajstić information content (AvgIpc) is 2.38. The first-order valence-corrected chi connectivity index (χ1v) is 7.21. The number of hydrogen-bond donors (Lipinski definition) is 2. The van der Waals surface area contributed by atoms with Gasteiger partial charge in [0.25, 0.3) is 0 Å². The van der Waals surface area contributed by atoms with Crippen LogP contribution < -0.4 is 10.5 Å². The third-order valence-corrected chi connectivity index (χ3v) is 4.10. The maximum Gasteiger partial charge on any atom is 0.123 e. The van der Waals surface area contributed by atoms with Gasteiger partial charge in [0.2, 0.25) is 0 Å². The number of ether oxygens (including phenoxy) is 1. The van der Waals surface area contributed by atoms with Crippen LogP contribution in [0.4, 0.5) is 0 Å². The summed E-state index contributed by atoms with van der Waals surface area (Å²) >= 11 is 0. The Balaban J connectivity index is 2.03. The minimum absolute atomic E-state index is 0.118. The number of nitrogens with one attached hydrogen (secondary N) is 1. The van der Waals surface area contributed by atoms with Crippen molar-refractivity contribution in [2.24, 2.45) is 11.7 Å². The minimum Gasteiger partial charge on any atom is -0.490 e. The van der Waals surface area contributed by atoms with E-state index in [1.165, 1.54) is 25.7 Å². The van der Waals surface area contributed by atoms with Gasteiger partial charge in [0.05, 0.1) is 6.10 Å². The number of hydrogen-bond acceptors (Lipinski definition) is 2. The molecule has 0 aliphatic heterocycles. The molecule has 0 heterocycles. The van der Waals surface area contributed by atoms with Crippen LogP contribution in [0.2, 0.25) is 0 Å². The Morgan fingerprint density at radius 2 is 2.21 bits per heavy atom. The SMILES string of the molecule is CCC1CCCC(Oc2ccc(C(=N)N)c(C)c2)C1. The van der Waals surface area contributed by atoms with E-state index in [1.54, 1.807) is 0 Å². The van der Waals surface area contributed by atoms with Crippen LogP contribution in [0.1, 0.15) is 50.2 Å². The number of nitrogen functional groups attached to an aromatic ring is 1. The molecule has 104 valence electrons. The second-order valence-electron chi connectivity index (χ2n) is 5.57. The van der Waals surface area contributed by atoms with E-state index in [0.717, 1.165) is 29.2 Å². The predicted molar refractivity (Wildman–Crippen MR) is 78.9 cm³/mol. The van der Waals surface area contributed by atoms with E-state index in [4.69, 9.17) is 15.9 Å². The monoisotopic (exact) mass is 260 g/mol. The van der Waals surface area contributed by atoms with Crippen LogP contribution in [0.5, 0.6) is 5.75 Å². The summed E-state index contributed by atoms with van der Waals surface area (Å²) in [4.78, 5) is 0. The van der Waals surface area contributed by atoms with Crippen LogP contribution in [-0.2, 0) is 0 Å². The molecule has 2 rings (SSSR count). The number of amidine groups is 1. The second-order valence-corrected chi connectivity index (χ2v) is 5.57. The summed E-state index contributed by atoms with van der Waals surface area (Å²) in [5, 5.41) is 7.49. The Labute approximate surface area is 115 Å². The van der Waals surface area contributed by atoms with Crippen molar-refractivity contribution in [1.29, 1.82) is 5.41 Å². The summed E-state index contributed by atoms with van der Waals surface area (Å²) in [6.07, 6.45) is 6.55. The fourth-order valence-corrected chi connectivity index (χ4v) is 2.92. The van der Waals surface area contributed by atoms with Crippen molar-refractivity contribution < 1.29 is 4.74 Å². The summed E-state index contributed by atoms with van der Waals surface area (Å²) in [5.74, 6) is 1.84. The molecule has 19 heavy (non-hydrogen) atoms. The Kier molecular flexibility index (Phi) is 4.46. The van der Waals surface area contributed by atoms with Crippen LogP contribution in [0.15, 0.2) is 18.2 Å². The maximum absolute atomic E-state index is 7.49. The van der Waals surface area contributed by atoms with Crippen molar-refractivity contribution in [1.82, 2.24) is 0 Å². The fraction of sp³-hybridized carbons (Fsp3) is 0.562. The van der Waals surface area contributed by atoms with Crippen molar-refractivity contribution in [2.45, 2.75) is 52.1 Å². The Bertz CT molecular complexity index is 456. The van der Waals surface area contributed by atoms with E-state index in [1.807, 2.05) is 25.1 Å². The number of nitrogens with two attached hydrogens (primary N) is 1. The highest BCUT2D eigenvalue weighted by atomic mass is 16.5. The van der Waals surface area contributed by atoms with Gasteiger partial charge in [-0.1, -0.05) is 19.8 Å². The van der Waals surface area contributed by atoms with Crippen LogP contribution in [-0.4, -0.2) is 11.9 Å². The summed E-state index contributed by atoms with van der Waals surface area (Å²) in [5.41, 5.74) is 7.33. The zero-order valence-corrected chi connectivity index (χ0v) is 11.9. The molecule has 0 aromatic heterocycles. The van der Waals surface area contributed by atoms with Gasteiger partial charge in [-0.05, 0) is 55.9 Å². The molecule has 0 saturated heterocycles. The van der Waals surface area contributed by atoms with Gasteiger partial charge in [-0.25, -0.2) is 0 Å². The molecule has 3 nitrogen and oxygen atoms in total. The highest BCUT2D eigenvalue weighted by molar-refractivity contribution is 5.96. The van der Waals surface area contributed by atoms with Crippen molar-refractivity contribution in [3.8, 4) is 5.75 Å². The molecule has 1 aromatic carbocycles. The molecule has 1 fully saturated rings. The normalized spacial score (nSPS) is 23.1. The predicted octanol–water partition coefficient (Wildman–Crippen LogP) is 3.63. The van der Waals surface area contributed by atoms with Gasteiger partial charge in [0, 0.05) is 5.56 Å².